The van der Waals surface area contributed by atoms with Gasteiger partial charge in [0.15, 0.2) is 0 Å². The minimum Gasteiger partial charge on any atom is -0.381 e. The van der Waals surface area contributed by atoms with Gasteiger partial charge in [0.05, 0.1) is 13.2 Å². The first kappa shape index (κ1) is 40.9. The van der Waals surface area contributed by atoms with Gasteiger partial charge in [-0.05, 0) is 77.0 Å². The Labute approximate surface area is 264 Å². The van der Waals surface area contributed by atoms with Gasteiger partial charge in [0.2, 0.25) is 0 Å². The van der Waals surface area contributed by atoms with Crippen molar-refractivity contribution in [2.75, 3.05) is 26.4 Å². The van der Waals surface area contributed by atoms with E-state index in [1.54, 1.807) is 0 Å². The SMILES string of the molecule is CCCCC/C=C\C/C=C\CCCCCCCCOCC(C)COCCCCCCCC/C=C\C/C=C\CCCCC. The van der Waals surface area contributed by atoms with E-state index >= 15 is 0 Å². The third-order valence-electron chi connectivity index (χ3n) is 7.78. The zero-order valence-corrected chi connectivity index (χ0v) is 28.8. The molecular formula is C40H74O2. The van der Waals surface area contributed by atoms with Crippen LogP contribution in [0.3, 0.4) is 0 Å². The molecule has 0 spiro atoms. The lowest BCUT2D eigenvalue weighted by atomic mass is 10.1. The van der Waals surface area contributed by atoms with Crippen molar-refractivity contribution in [3.8, 4) is 0 Å². The first-order valence-corrected chi connectivity index (χ1v) is 18.6. The lowest BCUT2D eigenvalue weighted by molar-refractivity contribution is 0.0433. The Morgan fingerprint density at radius 3 is 1.05 bits per heavy atom. The predicted molar refractivity (Wildman–Crippen MR) is 190 cm³/mol. The topological polar surface area (TPSA) is 18.5 Å². The minimum absolute atomic E-state index is 0.499. The molecule has 0 aromatic heterocycles. The zero-order valence-electron chi connectivity index (χ0n) is 28.8. The first-order chi connectivity index (χ1) is 20.8. The summed E-state index contributed by atoms with van der Waals surface area (Å²) in [7, 11) is 0. The average molecular weight is 587 g/mol. The Morgan fingerprint density at radius 2 is 0.690 bits per heavy atom. The van der Waals surface area contributed by atoms with Crippen LogP contribution in [0.5, 0.6) is 0 Å². The van der Waals surface area contributed by atoms with E-state index in [0.29, 0.717) is 5.92 Å². The summed E-state index contributed by atoms with van der Waals surface area (Å²) < 4.78 is 11.8. The van der Waals surface area contributed by atoms with Crippen LogP contribution in [0.4, 0.5) is 0 Å². The number of hydrogen-bond donors (Lipinski definition) is 0. The number of hydrogen-bond acceptors (Lipinski definition) is 2. The fourth-order valence-electron chi connectivity index (χ4n) is 5.00. The van der Waals surface area contributed by atoms with Crippen molar-refractivity contribution in [1.82, 2.24) is 0 Å². The van der Waals surface area contributed by atoms with E-state index in [0.717, 1.165) is 39.3 Å². The molecule has 0 aromatic rings. The number of rotatable bonds is 34. The molecule has 2 nitrogen and oxygen atoms in total. The summed E-state index contributed by atoms with van der Waals surface area (Å²) in [5.41, 5.74) is 0. The second-order valence-corrected chi connectivity index (χ2v) is 12.4. The van der Waals surface area contributed by atoms with Crippen molar-refractivity contribution >= 4 is 0 Å². The molecule has 0 saturated carbocycles. The zero-order chi connectivity index (χ0) is 30.4. The van der Waals surface area contributed by atoms with Crippen molar-refractivity contribution in [2.24, 2.45) is 5.92 Å². The van der Waals surface area contributed by atoms with Crippen molar-refractivity contribution in [2.45, 2.75) is 175 Å². The average Bonchev–Trinajstić information content (AvgIpc) is 3.00. The molecule has 0 radical (unpaired) electrons. The van der Waals surface area contributed by atoms with Crippen molar-refractivity contribution in [3.63, 3.8) is 0 Å². The first-order valence-electron chi connectivity index (χ1n) is 18.6. The van der Waals surface area contributed by atoms with Crippen molar-refractivity contribution in [1.29, 1.82) is 0 Å². The van der Waals surface area contributed by atoms with Crippen LogP contribution < -0.4 is 0 Å². The summed E-state index contributed by atoms with van der Waals surface area (Å²) in [6, 6.07) is 0. The number of allylic oxidation sites excluding steroid dienone is 8. The van der Waals surface area contributed by atoms with Gasteiger partial charge in [-0.1, -0.05) is 146 Å². The minimum atomic E-state index is 0.499. The van der Waals surface area contributed by atoms with Crippen LogP contribution in [-0.4, -0.2) is 26.4 Å². The predicted octanol–water partition coefficient (Wildman–Crippen LogP) is 13.3. The summed E-state index contributed by atoms with van der Waals surface area (Å²) in [5, 5.41) is 0. The Balaban J connectivity index is 3.26. The van der Waals surface area contributed by atoms with E-state index in [1.165, 1.54) is 141 Å². The molecule has 0 saturated heterocycles. The smallest absolute Gasteiger partial charge is 0.0513 e. The molecule has 2 heteroatoms. The maximum Gasteiger partial charge on any atom is 0.0513 e. The lowest BCUT2D eigenvalue weighted by Gasteiger charge is -2.12. The van der Waals surface area contributed by atoms with Gasteiger partial charge in [0, 0.05) is 19.1 Å². The van der Waals surface area contributed by atoms with Crippen LogP contribution in [0.25, 0.3) is 0 Å². The summed E-state index contributed by atoms with van der Waals surface area (Å²) in [4.78, 5) is 0. The van der Waals surface area contributed by atoms with Gasteiger partial charge in [-0.25, -0.2) is 0 Å². The van der Waals surface area contributed by atoms with Gasteiger partial charge < -0.3 is 9.47 Å². The van der Waals surface area contributed by atoms with Crippen LogP contribution in [0.1, 0.15) is 175 Å². The molecule has 0 fully saturated rings. The van der Waals surface area contributed by atoms with Gasteiger partial charge in [-0.2, -0.15) is 0 Å². The van der Waals surface area contributed by atoms with Crippen molar-refractivity contribution in [3.05, 3.63) is 48.6 Å². The molecule has 0 atom stereocenters. The molecule has 0 unspecified atom stereocenters. The maximum absolute atomic E-state index is 5.90. The van der Waals surface area contributed by atoms with Gasteiger partial charge in [0.25, 0.3) is 0 Å². The summed E-state index contributed by atoms with van der Waals surface area (Å²) >= 11 is 0. The number of unbranched alkanes of at least 4 members (excludes halogenated alkanes) is 18. The normalized spacial score (nSPS) is 12.5. The molecule has 42 heavy (non-hydrogen) atoms. The molecule has 0 amide bonds. The molecule has 0 aliphatic carbocycles. The summed E-state index contributed by atoms with van der Waals surface area (Å²) in [5.74, 6) is 0.499. The molecule has 0 aromatic carbocycles. The molecule has 0 heterocycles. The van der Waals surface area contributed by atoms with Gasteiger partial charge in [0.1, 0.15) is 0 Å². The monoisotopic (exact) mass is 587 g/mol. The quantitative estimate of drug-likeness (QED) is 0.0551. The summed E-state index contributed by atoms with van der Waals surface area (Å²) in [6.07, 6.45) is 49.8. The van der Waals surface area contributed by atoms with Crippen LogP contribution in [-0.2, 0) is 9.47 Å². The van der Waals surface area contributed by atoms with Crippen LogP contribution >= 0.6 is 0 Å². The van der Waals surface area contributed by atoms with E-state index in [4.69, 9.17) is 9.47 Å². The Kier molecular flexibility index (Phi) is 36.9. The molecular weight excluding hydrogens is 512 g/mol. The van der Waals surface area contributed by atoms with Crippen molar-refractivity contribution < 1.29 is 9.47 Å². The second-order valence-electron chi connectivity index (χ2n) is 12.4. The largest absolute Gasteiger partial charge is 0.381 e. The van der Waals surface area contributed by atoms with E-state index in [1.807, 2.05) is 0 Å². The van der Waals surface area contributed by atoms with E-state index < -0.39 is 0 Å². The van der Waals surface area contributed by atoms with Gasteiger partial charge in [-0.15, -0.1) is 0 Å². The lowest BCUT2D eigenvalue weighted by Crippen LogP contribution is -2.14. The highest BCUT2D eigenvalue weighted by Gasteiger charge is 2.02. The van der Waals surface area contributed by atoms with Crippen LogP contribution in [0, 0.1) is 5.92 Å². The summed E-state index contributed by atoms with van der Waals surface area (Å²) in [6.45, 7) is 10.3. The highest BCUT2D eigenvalue weighted by Crippen LogP contribution is 2.10. The molecule has 0 rings (SSSR count). The molecule has 0 aliphatic heterocycles. The molecule has 246 valence electrons. The molecule has 0 aliphatic rings. The number of ether oxygens (including phenoxy) is 2. The molecule has 0 N–H and O–H groups in total. The van der Waals surface area contributed by atoms with E-state index in [9.17, 15) is 0 Å². The van der Waals surface area contributed by atoms with Gasteiger partial charge in [-0.3, -0.25) is 0 Å². The van der Waals surface area contributed by atoms with Gasteiger partial charge >= 0.3 is 0 Å². The Hall–Kier alpha value is -1.12. The molecule has 0 bridgehead atoms. The van der Waals surface area contributed by atoms with Crippen LogP contribution in [0.2, 0.25) is 0 Å². The standard InChI is InChI=1S/C40H74O2/c1-4-6-8-10-12-14-16-18-20-22-24-26-28-30-32-34-36-41-38-40(3)39-42-37-35-33-31-29-27-25-23-21-19-17-15-13-11-9-7-5-2/h12-15,18-21,40H,4-11,16-17,22-39H2,1-3H3/b14-12-,15-13-,20-18-,21-19-. The second kappa shape index (κ2) is 37.9. The Morgan fingerprint density at radius 1 is 0.381 bits per heavy atom. The third kappa shape index (κ3) is 36.9. The maximum atomic E-state index is 5.90. The fraction of sp³-hybridized carbons (Fsp3) is 0.800. The van der Waals surface area contributed by atoms with Crippen LogP contribution in [0.15, 0.2) is 48.6 Å². The fourth-order valence-corrected chi connectivity index (χ4v) is 5.00. The van der Waals surface area contributed by atoms with E-state index in [-0.39, 0.29) is 0 Å². The Bertz CT molecular complexity index is 551. The highest BCUT2D eigenvalue weighted by molar-refractivity contribution is 4.93. The highest BCUT2D eigenvalue weighted by atomic mass is 16.5. The van der Waals surface area contributed by atoms with E-state index in [2.05, 4.69) is 69.4 Å². The third-order valence-corrected chi connectivity index (χ3v) is 7.78.